The summed E-state index contributed by atoms with van der Waals surface area (Å²) < 4.78 is 5.94. The van der Waals surface area contributed by atoms with Crippen molar-refractivity contribution in [2.24, 2.45) is 0 Å². The Kier molecular flexibility index (Phi) is 33.6. The first kappa shape index (κ1) is 40.9. The Labute approximate surface area is 262 Å². The quantitative estimate of drug-likeness (QED) is 0.0585. The third-order valence-electron chi connectivity index (χ3n) is 8.83. The first-order valence-electron chi connectivity index (χ1n) is 19.0. The molecule has 4 heteroatoms. The minimum atomic E-state index is -0.720. The van der Waals surface area contributed by atoms with E-state index in [1.54, 1.807) is 0 Å². The fourth-order valence-electron chi connectivity index (χ4n) is 6.01. The van der Waals surface area contributed by atoms with Crippen LogP contribution >= 0.6 is 0 Å². The van der Waals surface area contributed by atoms with Crippen LogP contribution in [0, 0.1) is 0 Å². The minimum Gasteiger partial charge on any atom is -0.481 e. The lowest BCUT2D eigenvalue weighted by atomic mass is 10.0. The molecule has 42 heavy (non-hydrogen) atoms. The van der Waals surface area contributed by atoms with Crippen molar-refractivity contribution in [3.8, 4) is 0 Å². The number of ether oxygens (including phenoxy) is 1. The van der Waals surface area contributed by atoms with Gasteiger partial charge in [-0.15, -0.1) is 0 Å². The van der Waals surface area contributed by atoms with Crippen LogP contribution < -0.4 is 0 Å². The van der Waals surface area contributed by atoms with Crippen LogP contribution in [0.1, 0.15) is 226 Å². The van der Waals surface area contributed by atoms with Gasteiger partial charge in [-0.3, -0.25) is 9.59 Å². The smallest absolute Gasteiger partial charge is 0.306 e. The molecule has 0 aromatic heterocycles. The van der Waals surface area contributed by atoms with Crippen molar-refractivity contribution in [2.45, 2.75) is 232 Å². The van der Waals surface area contributed by atoms with E-state index in [4.69, 9.17) is 9.84 Å². The third-order valence-corrected chi connectivity index (χ3v) is 8.83. The normalized spacial score (nSPS) is 12.0. The van der Waals surface area contributed by atoms with E-state index in [0.29, 0.717) is 12.8 Å². The number of hydrogen-bond donors (Lipinski definition) is 1. The van der Waals surface area contributed by atoms with Crippen LogP contribution in [0.4, 0.5) is 0 Å². The number of carboxylic acid groups (broad SMARTS) is 1. The lowest BCUT2D eigenvalue weighted by Crippen LogP contribution is -2.18. The molecule has 1 N–H and O–H groups in total. The standard InChI is InChI=1S/C38H74O4/c1-3-5-7-9-11-13-15-17-19-21-23-25-28-32-36(33-29-27-30-34-37(39)40)42-38(41)35-31-26-24-22-20-18-16-14-12-10-8-6-4-2/h36H,3-35H2,1-2H3,(H,39,40). The van der Waals surface area contributed by atoms with Gasteiger partial charge in [-0.05, 0) is 38.5 Å². The highest BCUT2D eigenvalue weighted by Crippen LogP contribution is 2.19. The SMILES string of the molecule is CCCCCCCCCCCCCCCC(=O)OC(CCCCCCCCCCCCCCC)CCCCCC(=O)O. The van der Waals surface area contributed by atoms with E-state index >= 15 is 0 Å². The largest absolute Gasteiger partial charge is 0.481 e. The number of carbonyl (C=O) groups is 2. The van der Waals surface area contributed by atoms with Gasteiger partial charge < -0.3 is 9.84 Å². The highest BCUT2D eigenvalue weighted by Gasteiger charge is 2.14. The molecule has 0 aromatic carbocycles. The lowest BCUT2D eigenvalue weighted by molar-refractivity contribution is -0.150. The first-order valence-corrected chi connectivity index (χ1v) is 19.0. The number of carboxylic acids is 1. The second kappa shape index (κ2) is 34.4. The number of aliphatic carboxylic acids is 1. The van der Waals surface area contributed by atoms with Crippen LogP contribution in [0.2, 0.25) is 0 Å². The molecule has 250 valence electrons. The molecule has 0 saturated heterocycles. The molecular formula is C38H74O4. The monoisotopic (exact) mass is 595 g/mol. The van der Waals surface area contributed by atoms with Crippen molar-refractivity contribution in [2.75, 3.05) is 0 Å². The van der Waals surface area contributed by atoms with E-state index in [0.717, 1.165) is 44.9 Å². The van der Waals surface area contributed by atoms with Crippen molar-refractivity contribution >= 4 is 11.9 Å². The van der Waals surface area contributed by atoms with Gasteiger partial charge in [-0.25, -0.2) is 0 Å². The van der Waals surface area contributed by atoms with Gasteiger partial charge in [0.05, 0.1) is 0 Å². The molecule has 0 heterocycles. The summed E-state index contributed by atoms with van der Waals surface area (Å²) >= 11 is 0. The Hall–Kier alpha value is -1.06. The molecule has 1 atom stereocenters. The van der Waals surface area contributed by atoms with Crippen molar-refractivity contribution in [1.82, 2.24) is 0 Å². The summed E-state index contributed by atoms with van der Waals surface area (Å²) in [5, 5.41) is 8.88. The van der Waals surface area contributed by atoms with E-state index in [2.05, 4.69) is 13.8 Å². The summed E-state index contributed by atoms with van der Waals surface area (Å²) in [4.78, 5) is 23.4. The summed E-state index contributed by atoms with van der Waals surface area (Å²) in [5.41, 5.74) is 0. The third kappa shape index (κ3) is 33.4. The molecule has 0 spiro atoms. The highest BCUT2D eigenvalue weighted by molar-refractivity contribution is 5.69. The number of rotatable bonds is 35. The van der Waals surface area contributed by atoms with Gasteiger partial charge in [0.2, 0.25) is 0 Å². The molecule has 0 aromatic rings. The van der Waals surface area contributed by atoms with Crippen LogP contribution in [0.15, 0.2) is 0 Å². The zero-order valence-electron chi connectivity index (χ0n) is 28.6. The maximum Gasteiger partial charge on any atom is 0.306 e. The van der Waals surface area contributed by atoms with Crippen molar-refractivity contribution in [1.29, 1.82) is 0 Å². The van der Waals surface area contributed by atoms with Crippen LogP contribution in [0.3, 0.4) is 0 Å². The van der Waals surface area contributed by atoms with Gasteiger partial charge in [0, 0.05) is 12.8 Å². The molecule has 0 fully saturated rings. The van der Waals surface area contributed by atoms with Crippen LogP contribution in [0.5, 0.6) is 0 Å². The molecule has 4 nitrogen and oxygen atoms in total. The van der Waals surface area contributed by atoms with Crippen LogP contribution in [-0.4, -0.2) is 23.1 Å². The predicted molar refractivity (Wildman–Crippen MR) is 181 cm³/mol. The molecule has 0 rings (SSSR count). The highest BCUT2D eigenvalue weighted by atomic mass is 16.5. The molecule has 1 unspecified atom stereocenters. The van der Waals surface area contributed by atoms with Crippen molar-refractivity contribution < 1.29 is 19.4 Å². The van der Waals surface area contributed by atoms with Crippen molar-refractivity contribution in [3.63, 3.8) is 0 Å². The van der Waals surface area contributed by atoms with Crippen molar-refractivity contribution in [3.05, 3.63) is 0 Å². The molecular weight excluding hydrogens is 520 g/mol. The average Bonchev–Trinajstić information content (AvgIpc) is 2.97. The fraction of sp³-hybridized carbons (Fsp3) is 0.947. The number of esters is 1. The summed E-state index contributed by atoms with van der Waals surface area (Å²) in [7, 11) is 0. The second-order valence-corrected chi connectivity index (χ2v) is 13.1. The molecule has 0 radical (unpaired) electrons. The zero-order valence-corrected chi connectivity index (χ0v) is 28.6. The summed E-state index contributed by atoms with van der Waals surface area (Å²) in [6.07, 6.45) is 39.7. The number of hydrogen-bond acceptors (Lipinski definition) is 3. The van der Waals surface area contributed by atoms with E-state index in [1.807, 2.05) is 0 Å². The van der Waals surface area contributed by atoms with Gasteiger partial charge in [-0.1, -0.05) is 174 Å². The Morgan fingerprint density at radius 3 is 1.07 bits per heavy atom. The Morgan fingerprint density at radius 2 is 0.714 bits per heavy atom. The van der Waals surface area contributed by atoms with Gasteiger partial charge in [0.15, 0.2) is 0 Å². The van der Waals surface area contributed by atoms with Gasteiger partial charge in [0.25, 0.3) is 0 Å². The Morgan fingerprint density at radius 1 is 0.429 bits per heavy atom. The van der Waals surface area contributed by atoms with E-state index in [1.165, 1.54) is 148 Å². The summed E-state index contributed by atoms with van der Waals surface area (Å²) in [6, 6.07) is 0. The van der Waals surface area contributed by atoms with E-state index in [9.17, 15) is 9.59 Å². The summed E-state index contributed by atoms with van der Waals surface area (Å²) in [5.74, 6) is -0.744. The van der Waals surface area contributed by atoms with Gasteiger partial charge >= 0.3 is 11.9 Å². The first-order chi connectivity index (χ1) is 20.6. The molecule has 0 aliphatic heterocycles. The average molecular weight is 595 g/mol. The maximum absolute atomic E-state index is 12.6. The summed E-state index contributed by atoms with van der Waals surface area (Å²) in [6.45, 7) is 4.55. The number of unbranched alkanes of at least 4 members (excludes halogenated alkanes) is 26. The van der Waals surface area contributed by atoms with Crippen LogP contribution in [-0.2, 0) is 14.3 Å². The molecule has 0 aliphatic carbocycles. The molecule has 0 amide bonds. The maximum atomic E-state index is 12.6. The fourth-order valence-corrected chi connectivity index (χ4v) is 6.01. The molecule has 0 aliphatic rings. The van der Waals surface area contributed by atoms with E-state index in [-0.39, 0.29) is 18.5 Å². The van der Waals surface area contributed by atoms with Crippen LogP contribution in [0.25, 0.3) is 0 Å². The predicted octanol–water partition coefficient (Wildman–Crippen LogP) is 12.9. The lowest BCUT2D eigenvalue weighted by Gasteiger charge is -2.18. The zero-order chi connectivity index (χ0) is 30.8. The topological polar surface area (TPSA) is 63.6 Å². The van der Waals surface area contributed by atoms with Gasteiger partial charge in [-0.2, -0.15) is 0 Å². The Balaban J connectivity index is 3.92. The Bertz CT molecular complexity index is 561. The van der Waals surface area contributed by atoms with Gasteiger partial charge in [0.1, 0.15) is 6.10 Å². The van der Waals surface area contributed by atoms with E-state index < -0.39 is 5.97 Å². The second-order valence-electron chi connectivity index (χ2n) is 13.1. The molecule has 0 bridgehead atoms. The number of carbonyl (C=O) groups excluding carboxylic acids is 1. The minimum absolute atomic E-state index is 0.0111. The molecule has 0 saturated carbocycles.